The third-order valence-electron chi connectivity index (χ3n) is 2.27. The lowest BCUT2D eigenvalue weighted by Crippen LogP contribution is -2.54. The van der Waals surface area contributed by atoms with Crippen molar-refractivity contribution >= 4 is 0 Å². The van der Waals surface area contributed by atoms with Gasteiger partial charge in [-0.2, -0.15) is 0 Å². The predicted molar refractivity (Wildman–Crippen MR) is 50.6 cm³/mol. The van der Waals surface area contributed by atoms with Gasteiger partial charge in [0.2, 0.25) is 0 Å². The zero-order valence-electron chi connectivity index (χ0n) is 8.54. The summed E-state index contributed by atoms with van der Waals surface area (Å²) in [5.41, 5.74) is 5.37. The van der Waals surface area contributed by atoms with Gasteiger partial charge in [-0.25, -0.2) is 0 Å². The van der Waals surface area contributed by atoms with E-state index >= 15 is 0 Å². The fourth-order valence-corrected chi connectivity index (χ4v) is 0.882. The molecule has 0 saturated carbocycles. The van der Waals surface area contributed by atoms with Crippen molar-refractivity contribution in [3.8, 4) is 0 Å². The van der Waals surface area contributed by atoms with Crippen LogP contribution in [0.2, 0.25) is 0 Å². The Morgan fingerprint density at radius 3 is 2.17 bits per heavy atom. The molecule has 0 rings (SSSR count). The maximum absolute atomic E-state index is 9.90. The second kappa shape index (κ2) is 4.77. The number of nitrogens with zero attached hydrogens (tertiary/aromatic N) is 2. The first-order valence-corrected chi connectivity index (χ1v) is 4.24. The van der Waals surface area contributed by atoms with Gasteiger partial charge in [-0.1, -0.05) is 0 Å². The second-order valence-electron chi connectivity index (χ2n) is 3.43. The Morgan fingerprint density at radius 2 is 1.83 bits per heavy atom. The zero-order chi connectivity index (χ0) is 9.78. The number of aliphatic hydroxyl groups is 1. The standard InChI is InChI=1S/C8H21N3O/c1-8(12,10(2)3)11(4)7-5-6-9/h12H,5-7,9H2,1-4H3. The van der Waals surface area contributed by atoms with Crippen LogP contribution >= 0.6 is 0 Å². The monoisotopic (exact) mass is 175 g/mol. The van der Waals surface area contributed by atoms with Gasteiger partial charge in [0.15, 0.2) is 5.85 Å². The minimum Gasteiger partial charge on any atom is -0.363 e. The maximum atomic E-state index is 9.90. The van der Waals surface area contributed by atoms with E-state index in [0.717, 1.165) is 13.0 Å². The zero-order valence-corrected chi connectivity index (χ0v) is 8.54. The minimum atomic E-state index is -0.880. The van der Waals surface area contributed by atoms with Crippen molar-refractivity contribution in [2.75, 3.05) is 34.2 Å². The van der Waals surface area contributed by atoms with Crippen molar-refractivity contribution in [1.82, 2.24) is 9.80 Å². The minimum absolute atomic E-state index is 0.661. The van der Waals surface area contributed by atoms with Crippen molar-refractivity contribution < 1.29 is 5.11 Å². The Labute approximate surface area is 74.9 Å². The summed E-state index contributed by atoms with van der Waals surface area (Å²) >= 11 is 0. The molecule has 0 aliphatic heterocycles. The lowest BCUT2D eigenvalue weighted by molar-refractivity contribution is -0.176. The number of hydrogen-bond acceptors (Lipinski definition) is 4. The number of rotatable bonds is 5. The van der Waals surface area contributed by atoms with E-state index in [1.807, 2.05) is 26.0 Å². The van der Waals surface area contributed by atoms with Gasteiger partial charge in [-0.3, -0.25) is 9.80 Å². The van der Waals surface area contributed by atoms with E-state index < -0.39 is 5.85 Å². The van der Waals surface area contributed by atoms with Gasteiger partial charge in [0.1, 0.15) is 0 Å². The average molecular weight is 175 g/mol. The molecule has 0 aliphatic rings. The summed E-state index contributed by atoms with van der Waals surface area (Å²) in [4.78, 5) is 3.64. The molecule has 12 heavy (non-hydrogen) atoms. The third-order valence-corrected chi connectivity index (χ3v) is 2.27. The summed E-state index contributed by atoms with van der Waals surface area (Å²) in [5.74, 6) is -0.880. The molecule has 1 atom stereocenters. The Balaban J connectivity index is 3.97. The van der Waals surface area contributed by atoms with E-state index in [0.29, 0.717) is 6.54 Å². The molecule has 0 aromatic heterocycles. The third kappa shape index (κ3) is 3.06. The molecule has 1 unspecified atom stereocenters. The molecule has 0 radical (unpaired) electrons. The molecule has 3 N–H and O–H groups in total. The summed E-state index contributed by atoms with van der Waals surface area (Å²) in [6, 6.07) is 0. The van der Waals surface area contributed by atoms with Crippen LogP contribution in [0.15, 0.2) is 0 Å². The Hall–Kier alpha value is -0.160. The van der Waals surface area contributed by atoms with E-state index in [2.05, 4.69) is 0 Å². The van der Waals surface area contributed by atoms with Crippen molar-refractivity contribution in [3.05, 3.63) is 0 Å². The fraction of sp³-hybridized carbons (Fsp3) is 1.00. The summed E-state index contributed by atoms with van der Waals surface area (Å²) in [5, 5.41) is 9.90. The van der Waals surface area contributed by atoms with Gasteiger partial charge in [0.25, 0.3) is 0 Å². The van der Waals surface area contributed by atoms with Crippen LogP contribution in [0.4, 0.5) is 0 Å². The van der Waals surface area contributed by atoms with Crippen LogP contribution in [0.3, 0.4) is 0 Å². The fourth-order valence-electron chi connectivity index (χ4n) is 0.882. The Morgan fingerprint density at radius 1 is 1.33 bits per heavy atom. The molecule has 4 heteroatoms. The van der Waals surface area contributed by atoms with Gasteiger partial charge < -0.3 is 10.8 Å². The first kappa shape index (κ1) is 11.8. The van der Waals surface area contributed by atoms with E-state index in [4.69, 9.17) is 5.73 Å². The molecule has 4 nitrogen and oxygen atoms in total. The van der Waals surface area contributed by atoms with Crippen LogP contribution in [0.25, 0.3) is 0 Å². The average Bonchev–Trinajstić information content (AvgIpc) is 1.99. The van der Waals surface area contributed by atoms with Gasteiger partial charge in [0.05, 0.1) is 0 Å². The van der Waals surface area contributed by atoms with Crippen LogP contribution < -0.4 is 5.73 Å². The van der Waals surface area contributed by atoms with Gasteiger partial charge in [-0.05, 0) is 41.0 Å². The first-order chi connectivity index (χ1) is 5.42. The highest BCUT2D eigenvalue weighted by Crippen LogP contribution is 2.11. The number of nitrogens with two attached hydrogens (primary N) is 1. The molecule has 0 saturated heterocycles. The molecule has 0 amide bonds. The lowest BCUT2D eigenvalue weighted by Gasteiger charge is -2.39. The molecule has 74 valence electrons. The molecule has 0 aromatic carbocycles. The quantitative estimate of drug-likeness (QED) is 0.553. The van der Waals surface area contributed by atoms with E-state index in [1.54, 1.807) is 11.8 Å². The second-order valence-corrected chi connectivity index (χ2v) is 3.43. The molecular formula is C8H21N3O. The van der Waals surface area contributed by atoms with Crippen molar-refractivity contribution in [1.29, 1.82) is 0 Å². The van der Waals surface area contributed by atoms with Crippen LogP contribution in [-0.4, -0.2) is 55.0 Å². The van der Waals surface area contributed by atoms with Crippen molar-refractivity contribution in [2.24, 2.45) is 5.73 Å². The van der Waals surface area contributed by atoms with Crippen LogP contribution in [0, 0.1) is 0 Å². The van der Waals surface area contributed by atoms with Gasteiger partial charge in [-0.15, -0.1) is 0 Å². The summed E-state index contributed by atoms with van der Waals surface area (Å²) in [6.07, 6.45) is 0.903. The number of hydrogen-bond donors (Lipinski definition) is 2. The largest absolute Gasteiger partial charge is 0.363 e. The van der Waals surface area contributed by atoms with Crippen LogP contribution in [0.1, 0.15) is 13.3 Å². The van der Waals surface area contributed by atoms with E-state index in [1.165, 1.54) is 0 Å². The topological polar surface area (TPSA) is 52.7 Å². The van der Waals surface area contributed by atoms with Gasteiger partial charge >= 0.3 is 0 Å². The molecule has 0 aromatic rings. The molecule has 0 spiro atoms. The summed E-state index contributed by atoms with van der Waals surface area (Å²) in [6.45, 7) is 3.24. The maximum Gasteiger partial charge on any atom is 0.173 e. The van der Waals surface area contributed by atoms with E-state index in [9.17, 15) is 5.11 Å². The SMILES string of the molecule is CN(C)C(C)(O)N(C)CCCN. The molecule has 0 bridgehead atoms. The normalized spacial score (nSPS) is 17.0. The van der Waals surface area contributed by atoms with Crippen LogP contribution in [0.5, 0.6) is 0 Å². The molecule has 0 heterocycles. The lowest BCUT2D eigenvalue weighted by atomic mass is 10.3. The summed E-state index contributed by atoms with van der Waals surface area (Å²) in [7, 11) is 5.58. The van der Waals surface area contributed by atoms with Crippen molar-refractivity contribution in [2.45, 2.75) is 19.2 Å². The highest BCUT2D eigenvalue weighted by Gasteiger charge is 2.27. The predicted octanol–water partition coefficient (Wildman–Crippen LogP) is -0.505. The molecular weight excluding hydrogens is 154 g/mol. The smallest absolute Gasteiger partial charge is 0.173 e. The Kier molecular flexibility index (Phi) is 4.70. The summed E-state index contributed by atoms with van der Waals surface area (Å²) < 4.78 is 0. The van der Waals surface area contributed by atoms with E-state index in [-0.39, 0.29) is 0 Å². The first-order valence-electron chi connectivity index (χ1n) is 4.24. The van der Waals surface area contributed by atoms with Crippen molar-refractivity contribution in [3.63, 3.8) is 0 Å². The molecule has 0 aliphatic carbocycles. The highest BCUT2D eigenvalue weighted by molar-refractivity contribution is 4.68. The Bertz CT molecular complexity index is 125. The highest BCUT2D eigenvalue weighted by atomic mass is 16.3. The molecule has 0 fully saturated rings. The van der Waals surface area contributed by atoms with Crippen LogP contribution in [-0.2, 0) is 0 Å². The van der Waals surface area contributed by atoms with Gasteiger partial charge in [0, 0.05) is 6.54 Å².